The standard InChI is InChI=1S/C20H25N5O4/c1-20(2,3)28-19(26)25-8-5-14(6-9-25)22-12-17-23-18(24-29-17)16-10-13-11-21-7-4-15(13)27-16/h4,7,10-11,14,22H,5-6,8-9,12H2,1-3H3. The topological polar surface area (TPSA) is 107 Å². The number of rotatable bonds is 4. The lowest BCUT2D eigenvalue weighted by atomic mass is 10.1. The number of fused-ring (bicyclic) bond motifs is 1. The van der Waals surface area contributed by atoms with Gasteiger partial charge in [-0.3, -0.25) is 4.98 Å². The van der Waals surface area contributed by atoms with E-state index in [1.165, 1.54) is 0 Å². The molecule has 0 saturated carbocycles. The Bertz CT molecular complexity index is 949. The van der Waals surface area contributed by atoms with Crippen LogP contribution in [0.1, 0.15) is 39.5 Å². The second-order valence-electron chi connectivity index (χ2n) is 8.16. The van der Waals surface area contributed by atoms with E-state index in [9.17, 15) is 4.79 Å². The summed E-state index contributed by atoms with van der Waals surface area (Å²) in [5.41, 5.74) is 0.259. The molecule has 3 aromatic rings. The van der Waals surface area contributed by atoms with Gasteiger partial charge in [-0.25, -0.2) is 4.79 Å². The van der Waals surface area contributed by atoms with Crippen molar-refractivity contribution < 1.29 is 18.5 Å². The highest BCUT2D eigenvalue weighted by molar-refractivity contribution is 5.80. The molecule has 4 rings (SSSR count). The smallest absolute Gasteiger partial charge is 0.410 e. The minimum absolute atomic E-state index is 0.251. The van der Waals surface area contributed by atoms with E-state index in [4.69, 9.17) is 13.7 Å². The summed E-state index contributed by atoms with van der Waals surface area (Å²) < 4.78 is 16.5. The zero-order valence-electron chi connectivity index (χ0n) is 16.8. The summed E-state index contributed by atoms with van der Waals surface area (Å²) in [6.45, 7) is 7.41. The lowest BCUT2D eigenvalue weighted by Crippen LogP contribution is -2.46. The van der Waals surface area contributed by atoms with Crippen molar-refractivity contribution in [3.05, 3.63) is 30.4 Å². The summed E-state index contributed by atoms with van der Waals surface area (Å²) in [7, 11) is 0. The molecule has 0 unspecified atom stereocenters. The lowest BCUT2D eigenvalue weighted by Gasteiger charge is -2.33. The summed E-state index contributed by atoms with van der Waals surface area (Å²) >= 11 is 0. The number of carbonyl (C=O) groups is 1. The average molecular weight is 399 g/mol. The normalized spacial score (nSPS) is 15.8. The van der Waals surface area contributed by atoms with E-state index in [2.05, 4.69) is 20.4 Å². The van der Waals surface area contributed by atoms with Gasteiger partial charge in [0.15, 0.2) is 5.76 Å². The van der Waals surface area contributed by atoms with Crippen molar-refractivity contribution in [2.75, 3.05) is 13.1 Å². The third-order valence-electron chi connectivity index (χ3n) is 4.69. The number of nitrogens with one attached hydrogen (secondary N) is 1. The van der Waals surface area contributed by atoms with Crippen LogP contribution in [-0.4, -0.2) is 50.9 Å². The van der Waals surface area contributed by atoms with Gasteiger partial charge >= 0.3 is 6.09 Å². The summed E-state index contributed by atoms with van der Waals surface area (Å²) in [5.74, 6) is 1.46. The van der Waals surface area contributed by atoms with Crippen LogP contribution < -0.4 is 5.32 Å². The van der Waals surface area contributed by atoms with E-state index >= 15 is 0 Å². The molecule has 29 heavy (non-hydrogen) atoms. The van der Waals surface area contributed by atoms with Gasteiger partial charge in [-0.15, -0.1) is 0 Å². The van der Waals surface area contributed by atoms with Crippen LogP contribution >= 0.6 is 0 Å². The molecule has 0 radical (unpaired) electrons. The zero-order valence-corrected chi connectivity index (χ0v) is 16.8. The van der Waals surface area contributed by atoms with E-state index in [-0.39, 0.29) is 12.1 Å². The van der Waals surface area contributed by atoms with Gasteiger partial charge in [-0.05, 0) is 45.7 Å². The van der Waals surface area contributed by atoms with Crippen LogP contribution in [0.25, 0.3) is 22.6 Å². The monoisotopic (exact) mass is 399 g/mol. The van der Waals surface area contributed by atoms with Crippen molar-refractivity contribution in [3.63, 3.8) is 0 Å². The molecule has 1 fully saturated rings. The Balaban J connectivity index is 1.28. The molecule has 1 saturated heterocycles. The molecule has 9 nitrogen and oxygen atoms in total. The first-order chi connectivity index (χ1) is 13.9. The molecule has 0 spiro atoms. The molecule has 154 valence electrons. The molecule has 1 N–H and O–H groups in total. The minimum atomic E-state index is -0.474. The predicted molar refractivity (Wildman–Crippen MR) is 105 cm³/mol. The largest absolute Gasteiger partial charge is 0.452 e. The fourth-order valence-electron chi connectivity index (χ4n) is 3.25. The Kier molecular flexibility index (Phi) is 5.23. The highest BCUT2D eigenvalue weighted by Gasteiger charge is 2.27. The molecule has 9 heteroatoms. The SMILES string of the molecule is CC(C)(C)OC(=O)N1CCC(NCc2nc(-c3cc4cnccc4o3)no2)CC1. The van der Waals surface area contributed by atoms with Crippen LogP contribution in [-0.2, 0) is 11.3 Å². The number of carbonyl (C=O) groups excluding carboxylic acids is 1. The fourth-order valence-corrected chi connectivity index (χ4v) is 3.25. The van der Waals surface area contributed by atoms with Crippen molar-refractivity contribution >= 4 is 17.1 Å². The number of hydrogen-bond acceptors (Lipinski definition) is 8. The number of likely N-dealkylation sites (tertiary alicyclic amines) is 1. The van der Waals surface area contributed by atoms with Gasteiger partial charge in [-0.1, -0.05) is 5.16 Å². The van der Waals surface area contributed by atoms with E-state index < -0.39 is 5.60 Å². The number of piperidine rings is 1. The summed E-state index contributed by atoms with van der Waals surface area (Å²) in [4.78, 5) is 22.4. The molecular weight excluding hydrogens is 374 g/mol. The van der Waals surface area contributed by atoms with Gasteiger partial charge in [0.05, 0.1) is 6.54 Å². The minimum Gasteiger partial charge on any atom is -0.452 e. The Morgan fingerprint density at radius 2 is 2.14 bits per heavy atom. The zero-order chi connectivity index (χ0) is 20.4. The van der Waals surface area contributed by atoms with E-state index in [0.29, 0.717) is 37.1 Å². The fraction of sp³-hybridized carbons (Fsp3) is 0.500. The van der Waals surface area contributed by atoms with Crippen LogP contribution in [0.3, 0.4) is 0 Å². The second kappa shape index (κ2) is 7.82. The van der Waals surface area contributed by atoms with Crippen molar-refractivity contribution in [2.24, 2.45) is 0 Å². The summed E-state index contributed by atoms with van der Waals surface area (Å²) in [6.07, 6.45) is 4.84. The van der Waals surface area contributed by atoms with Crippen LogP contribution in [0.4, 0.5) is 4.79 Å². The van der Waals surface area contributed by atoms with Gasteiger partial charge in [0, 0.05) is 36.9 Å². The Hall–Kier alpha value is -2.94. The van der Waals surface area contributed by atoms with Crippen LogP contribution in [0.15, 0.2) is 33.5 Å². The average Bonchev–Trinajstić information content (AvgIpc) is 3.32. The number of nitrogens with zero attached hydrogens (tertiary/aromatic N) is 4. The van der Waals surface area contributed by atoms with Gasteiger partial charge in [0.2, 0.25) is 11.7 Å². The van der Waals surface area contributed by atoms with Crippen LogP contribution in [0.2, 0.25) is 0 Å². The number of amides is 1. The molecule has 3 aromatic heterocycles. The van der Waals surface area contributed by atoms with Gasteiger partial charge in [-0.2, -0.15) is 4.98 Å². The Labute approximate surface area is 168 Å². The maximum Gasteiger partial charge on any atom is 0.410 e. The Morgan fingerprint density at radius 1 is 1.34 bits per heavy atom. The lowest BCUT2D eigenvalue weighted by molar-refractivity contribution is 0.0197. The van der Waals surface area contributed by atoms with Crippen molar-refractivity contribution in [1.82, 2.24) is 25.3 Å². The predicted octanol–water partition coefficient (Wildman–Crippen LogP) is 3.37. The molecule has 1 aliphatic heterocycles. The van der Waals surface area contributed by atoms with Gasteiger partial charge in [0.1, 0.15) is 11.2 Å². The second-order valence-corrected chi connectivity index (χ2v) is 8.16. The molecule has 1 amide bonds. The van der Waals surface area contributed by atoms with Crippen molar-refractivity contribution in [3.8, 4) is 11.6 Å². The third kappa shape index (κ3) is 4.73. The first-order valence-electron chi connectivity index (χ1n) is 9.75. The van der Waals surface area contributed by atoms with E-state index in [1.54, 1.807) is 23.4 Å². The number of hydrogen-bond donors (Lipinski definition) is 1. The summed E-state index contributed by atoms with van der Waals surface area (Å²) in [6, 6.07) is 3.92. The Morgan fingerprint density at radius 3 is 2.86 bits per heavy atom. The van der Waals surface area contributed by atoms with Gasteiger partial charge < -0.3 is 23.9 Å². The highest BCUT2D eigenvalue weighted by atomic mass is 16.6. The number of furan rings is 1. The quantitative estimate of drug-likeness (QED) is 0.712. The number of aromatic nitrogens is 3. The summed E-state index contributed by atoms with van der Waals surface area (Å²) in [5, 5.41) is 8.32. The maximum absolute atomic E-state index is 12.1. The van der Waals surface area contributed by atoms with Crippen molar-refractivity contribution in [1.29, 1.82) is 0 Å². The third-order valence-corrected chi connectivity index (χ3v) is 4.69. The molecule has 4 heterocycles. The first kappa shape index (κ1) is 19.4. The number of ether oxygens (including phenoxy) is 1. The maximum atomic E-state index is 12.1. The molecule has 0 aromatic carbocycles. The molecule has 0 aliphatic carbocycles. The molecule has 1 aliphatic rings. The van der Waals surface area contributed by atoms with E-state index in [1.807, 2.05) is 26.8 Å². The van der Waals surface area contributed by atoms with Crippen LogP contribution in [0, 0.1) is 0 Å². The molecule has 0 atom stereocenters. The van der Waals surface area contributed by atoms with Gasteiger partial charge in [0.25, 0.3) is 0 Å². The first-order valence-corrected chi connectivity index (χ1v) is 9.75. The van der Waals surface area contributed by atoms with Crippen molar-refractivity contribution in [2.45, 2.75) is 51.8 Å². The van der Waals surface area contributed by atoms with E-state index in [0.717, 1.165) is 23.8 Å². The highest BCUT2D eigenvalue weighted by Crippen LogP contribution is 2.25. The molecular formula is C20H25N5O4. The van der Waals surface area contributed by atoms with Crippen LogP contribution in [0.5, 0.6) is 0 Å². The number of pyridine rings is 1. The molecule has 0 bridgehead atoms.